The Morgan fingerprint density at radius 3 is 2.30 bits per heavy atom. The number of likely N-dealkylation sites (tertiary alicyclic amines) is 1. The van der Waals surface area contributed by atoms with Gasteiger partial charge < -0.3 is 0 Å². The Kier molecular flexibility index (Phi) is 4.09. The average molecular weight is 373 g/mol. The summed E-state index contributed by atoms with van der Waals surface area (Å²) < 4.78 is 38.2. The number of alkyl halides is 3. The third-order valence-corrected chi connectivity index (χ3v) is 5.66. The zero-order valence-electron chi connectivity index (χ0n) is 14.5. The fraction of sp³-hybridized carbons (Fsp3) is 0.333. The number of hydrogen-bond donors (Lipinski definition) is 0. The summed E-state index contributed by atoms with van der Waals surface area (Å²) in [5, 5.41) is 0. The van der Waals surface area contributed by atoms with E-state index in [-0.39, 0.29) is 30.7 Å². The average Bonchev–Trinajstić information content (AvgIpc) is 3.38. The van der Waals surface area contributed by atoms with Crippen LogP contribution in [0.15, 0.2) is 54.6 Å². The maximum absolute atomic E-state index is 13.1. The van der Waals surface area contributed by atoms with Gasteiger partial charge in [-0.1, -0.05) is 42.5 Å². The van der Waals surface area contributed by atoms with Crippen molar-refractivity contribution in [3.8, 4) is 0 Å². The van der Waals surface area contributed by atoms with Crippen LogP contribution in [0.1, 0.15) is 41.9 Å². The summed E-state index contributed by atoms with van der Waals surface area (Å²) in [4.78, 5) is 26.7. The van der Waals surface area contributed by atoms with Gasteiger partial charge in [-0.2, -0.15) is 13.2 Å². The van der Waals surface area contributed by atoms with E-state index in [1.807, 2.05) is 30.3 Å². The van der Waals surface area contributed by atoms with Crippen LogP contribution < -0.4 is 0 Å². The first-order chi connectivity index (χ1) is 12.8. The van der Waals surface area contributed by atoms with E-state index in [0.29, 0.717) is 12.8 Å². The molecule has 2 aromatic carbocycles. The minimum Gasteiger partial charge on any atom is -0.278 e. The Hall–Kier alpha value is -2.63. The van der Waals surface area contributed by atoms with Gasteiger partial charge in [0.15, 0.2) is 0 Å². The van der Waals surface area contributed by atoms with Crippen LogP contribution in [0.25, 0.3) is 0 Å². The van der Waals surface area contributed by atoms with Crippen molar-refractivity contribution in [3.63, 3.8) is 0 Å². The summed E-state index contributed by atoms with van der Waals surface area (Å²) in [6.45, 7) is 0.236. The molecule has 2 unspecified atom stereocenters. The van der Waals surface area contributed by atoms with Gasteiger partial charge in [-0.3, -0.25) is 14.5 Å². The number of hydrogen-bond acceptors (Lipinski definition) is 2. The standard InChI is InChI=1S/C21H18F3NO2/c22-21(23,24)16-8-6-15(7-9-16)17-12-20(17)11-10-18(26)25(19(20)27)13-14-4-2-1-3-5-14/h1-9,17H,10-13H2. The highest BCUT2D eigenvalue weighted by atomic mass is 19.4. The van der Waals surface area contributed by atoms with Crippen LogP contribution in [0.3, 0.4) is 0 Å². The van der Waals surface area contributed by atoms with Crippen molar-refractivity contribution in [1.82, 2.24) is 4.90 Å². The summed E-state index contributed by atoms with van der Waals surface area (Å²) >= 11 is 0. The van der Waals surface area contributed by atoms with Gasteiger partial charge in [0.25, 0.3) is 0 Å². The Labute approximate surface area is 154 Å². The maximum Gasteiger partial charge on any atom is 0.416 e. The Balaban J connectivity index is 1.54. The van der Waals surface area contributed by atoms with E-state index in [2.05, 4.69) is 0 Å². The number of imide groups is 1. The molecule has 2 amide bonds. The molecule has 2 aliphatic rings. The Morgan fingerprint density at radius 1 is 1.00 bits per heavy atom. The third-order valence-electron chi connectivity index (χ3n) is 5.66. The number of piperidine rings is 1. The van der Waals surface area contributed by atoms with Gasteiger partial charge >= 0.3 is 6.18 Å². The molecule has 1 aliphatic carbocycles. The van der Waals surface area contributed by atoms with Crippen molar-refractivity contribution >= 4 is 11.8 Å². The second-order valence-electron chi connectivity index (χ2n) is 7.30. The van der Waals surface area contributed by atoms with Crippen LogP contribution in [0.5, 0.6) is 0 Å². The summed E-state index contributed by atoms with van der Waals surface area (Å²) in [6, 6.07) is 14.3. The minimum absolute atomic E-state index is 0.126. The first kappa shape index (κ1) is 17.8. The number of halogens is 3. The maximum atomic E-state index is 13.1. The normalized spacial score (nSPS) is 25.1. The lowest BCUT2D eigenvalue weighted by atomic mass is 9.88. The van der Waals surface area contributed by atoms with Gasteiger partial charge in [-0.15, -0.1) is 0 Å². The van der Waals surface area contributed by atoms with E-state index < -0.39 is 17.2 Å². The van der Waals surface area contributed by atoms with Crippen LogP contribution in [-0.4, -0.2) is 16.7 Å². The van der Waals surface area contributed by atoms with E-state index in [9.17, 15) is 22.8 Å². The van der Waals surface area contributed by atoms with Crippen molar-refractivity contribution in [2.75, 3.05) is 0 Å². The second-order valence-corrected chi connectivity index (χ2v) is 7.30. The predicted molar refractivity (Wildman–Crippen MR) is 92.5 cm³/mol. The van der Waals surface area contributed by atoms with E-state index in [1.54, 1.807) is 0 Å². The SMILES string of the molecule is O=C1CCC2(CC2c2ccc(C(F)(F)F)cc2)C(=O)N1Cc1ccccc1. The van der Waals surface area contributed by atoms with Gasteiger partial charge in [0.1, 0.15) is 0 Å². The van der Waals surface area contributed by atoms with Crippen LogP contribution in [0.4, 0.5) is 13.2 Å². The van der Waals surface area contributed by atoms with Crippen LogP contribution in [-0.2, 0) is 22.3 Å². The van der Waals surface area contributed by atoms with E-state index in [4.69, 9.17) is 0 Å². The van der Waals surface area contributed by atoms with Crippen molar-refractivity contribution in [2.45, 2.75) is 37.9 Å². The highest BCUT2D eigenvalue weighted by molar-refractivity contribution is 6.02. The molecule has 0 bridgehead atoms. The van der Waals surface area contributed by atoms with Crippen molar-refractivity contribution in [1.29, 1.82) is 0 Å². The molecule has 0 N–H and O–H groups in total. The van der Waals surface area contributed by atoms with E-state index in [0.717, 1.165) is 23.3 Å². The van der Waals surface area contributed by atoms with Crippen LogP contribution in [0, 0.1) is 5.41 Å². The summed E-state index contributed by atoms with van der Waals surface area (Å²) in [5.74, 6) is -0.515. The number of carbonyl (C=O) groups excluding carboxylic acids is 2. The zero-order valence-corrected chi connectivity index (χ0v) is 14.5. The molecule has 27 heavy (non-hydrogen) atoms. The predicted octanol–water partition coefficient (Wildman–Crippen LogP) is 4.53. The number of nitrogens with zero attached hydrogens (tertiary/aromatic N) is 1. The largest absolute Gasteiger partial charge is 0.416 e. The summed E-state index contributed by atoms with van der Waals surface area (Å²) in [7, 11) is 0. The molecule has 1 spiro atoms. The molecule has 4 rings (SSSR count). The lowest BCUT2D eigenvalue weighted by molar-refractivity contribution is -0.154. The zero-order chi connectivity index (χ0) is 19.2. The number of amides is 2. The fourth-order valence-electron chi connectivity index (χ4n) is 4.04. The molecular formula is C21H18F3NO2. The second kappa shape index (κ2) is 6.22. The van der Waals surface area contributed by atoms with E-state index >= 15 is 0 Å². The summed E-state index contributed by atoms with van der Waals surface area (Å²) in [6.07, 6.45) is -3.05. The highest BCUT2D eigenvalue weighted by Crippen LogP contribution is 2.64. The van der Waals surface area contributed by atoms with Gasteiger partial charge in [0.2, 0.25) is 11.8 Å². The van der Waals surface area contributed by atoms with Gasteiger partial charge in [0.05, 0.1) is 17.5 Å². The monoisotopic (exact) mass is 373 g/mol. The van der Waals surface area contributed by atoms with Crippen molar-refractivity contribution < 1.29 is 22.8 Å². The first-order valence-electron chi connectivity index (χ1n) is 8.87. The highest BCUT2D eigenvalue weighted by Gasteiger charge is 2.63. The molecule has 0 radical (unpaired) electrons. The number of benzene rings is 2. The topological polar surface area (TPSA) is 37.4 Å². The van der Waals surface area contributed by atoms with Crippen molar-refractivity contribution in [2.24, 2.45) is 5.41 Å². The minimum atomic E-state index is -4.38. The molecule has 2 fully saturated rings. The molecule has 140 valence electrons. The van der Waals surface area contributed by atoms with Gasteiger partial charge in [-0.25, -0.2) is 0 Å². The van der Waals surface area contributed by atoms with Crippen LogP contribution >= 0.6 is 0 Å². The first-order valence-corrected chi connectivity index (χ1v) is 8.87. The Bertz CT molecular complexity index is 877. The molecule has 3 nitrogen and oxygen atoms in total. The molecule has 1 saturated heterocycles. The lowest BCUT2D eigenvalue weighted by Crippen LogP contribution is -2.46. The van der Waals surface area contributed by atoms with Gasteiger partial charge in [0, 0.05) is 6.42 Å². The molecular weight excluding hydrogens is 355 g/mol. The summed E-state index contributed by atoms with van der Waals surface area (Å²) in [5.41, 5.74) is 0.257. The molecule has 1 saturated carbocycles. The molecule has 0 aromatic heterocycles. The van der Waals surface area contributed by atoms with Crippen molar-refractivity contribution in [3.05, 3.63) is 71.3 Å². The number of rotatable bonds is 3. The third kappa shape index (κ3) is 3.13. The molecule has 6 heteroatoms. The molecule has 1 heterocycles. The number of carbonyl (C=O) groups is 2. The van der Waals surface area contributed by atoms with Gasteiger partial charge in [-0.05, 0) is 42.0 Å². The fourth-order valence-corrected chi connectivity index (χ4v) is 4.04. The molecule has 2 atom stereocenters. The lowest BCUT2D eigenvalue weighted by Gasteiger charge is -2.32. The quantitative estimate of drug-likeness (QED) is 0.742. The van der Waals surface area contributed by atoms with Crippen LogP contribution in [0.2, 0.25) is 0 Å². The molecule has 2 aromatic rings. The Morgan fingerprint density at radius 2 is 1.67 bits per heavy atom. The molecule has 1 aliphatic heterocycles. The van der Waals surface area contributed by atoms with E-state index in [1.165, 1.54) is 17.0 Å². The smallest absolute Gasteiger partial charge is 0.278 e.